The molecule has 2 nitrogen and oxygen atoms in total. The van der Waals surface area contributed by atoms with E-state index in [0.29, 0.717) is 28.6 Å². The van der Waals surface area contributed by atoms with Gasteiger partial charge in [-0.3, -0.25) is 4.79 Å². The van der Waals surface area contributed by atoms with Gasteiger partial charge in [-0.25, -0.2) is 0 Å². The van der Waals surface area contributed by atoms with Crippen molar-refractivity contribution in [1.82, 2.24) is 5.32 Å². The van der Waals surface area contributed by atoms with Crippen LogP contribution in [-0.2, 0) is 6.42 Å². The van der Waals surface area contributed by atoms with Crippen LogP contribution >= 0.6 is 39.1 Å². The van der Waals surface area contributed by atoms with Crippen LogP contribution in [0.5, 0.6) is 0 Å². The van der Waals surface area contributed by atoms with Crippen LogP contribution in [0.15, 0.2) is 40.9 Å². The van der Waals surface area contributed by atoms with Crippen LogP contribution in [-0.4, -0.2) is 12.5 Å². The molecule has 21 heavy (non-hydrogen) atoms. The van der Waals surface area contributed by atoms with Crippen LogP contribution < -0.4 is 5.32 Å². The molecule has 0 heterocycles. The second-order valence-electron chi connectivity index (χ2n) is 4.70. The summed E-state index contributed by atoms with van der Waals surface area (Å²) in [5, 5.41) is 4.14. The molecule has 0 bridgehead atoms. The van der Waals surface area contributed by atoms with E-state index in [9.17, 15) is 4.79 Å². The number of nitrogens with one attached hydrogen (secondary N) is 1. The largest absolute Gasteiger partial charge is 0.352 e. The lowest BCUT2D eigenvalue weighted by Crippen LogP contribution is -2.26. The van der Waals surface area contributed by atoms with E-state index in [0.717, 1.165) is 15.6 Å². The Balaban J connectivity index is 1.97. The summed E-state index contributed by atoms with van der Waals surface area (Å²) < 4.78 is 0.888. The number of aryl methyl sites for hydroxylation is 1. The van der Waals surface area contributed by atoms with Gasteiger partial charge in [0.1, 0.15) is 0 Å². The van der Waals surface area contributed by atoms with Crippen LogP contribution in [0.25, 0.3) is 0 Å². The molecule has 0 aromatic heterocycles. The van der Waals surface area contributed by atoms with E-state index in [4.69, 9.17) is 23.2 Å². The van der Waals surface area contributed by atoms with Gasteiger partial charge in [-0.05, 0) is 48.7 Å². The predicted molar refractivity (Wildman–Crippen MR) is 91.4 cm³/mol. The topological polar surface area (TPSA) is 29.1 Å². The molecule has 0 fully saturated rings. The molecule has 2 aromatic rings. The Kier molecular flexibility index (Phi) is 5.68. The highest BCUT2D eigenvalue weighted by Crippen LogP contribution is 2.21. The second-order valence-corrected chi connectivity index (χ2v) is 6.46. The third-order valence-corrected chi connectivity index (χ3v) is 4.22. The molecule has 0 aliphatic heterocycles. The minimum Gasteiger partial charge on any atom is -0.352 e. The summed E-state index contributed by atoms with van der Waals surface area (Å²) in [6.45, 7) is 2.43. The van der Waals surface area contributed by atoms with Crippen LogP contribution in [0, 0.1) is 6.92 Å². The molecule has 0 radical (unpaired) electrons. The summed E-state index contributed by atoms with van der Waals surface area (Å²) in [6, 6.07) is 11.0. The third kappa shape index (κ3) is 4.47. The van der Waals surface area contributed by atoms with Gasteiger partial charge >= 0.3 is 0 Å². The first kappa shape index (κ1) is 16.3. The van der Waals surface area contributed by atoms with Gasteiger partial charge in [0.15, 0.2) is 0 Å². The Hall–Kier alpha value is -1.03. The number of amides is 1. The molecule has 0 saturated heterocycles. The fourth-order valence-corrected chi connectivity index (χ4v) is 2.83. The van der Waals surface area contributed by atoms with Gasteiger partial charge in [-0.1, -0.05) is 51.3 Å². The van der Waals surface area contributed by atoms with Crippen molar-refractivity contribution in [1.29, 1.82) is 0 Å². The first-order chi connectivity index (χ1) is 9.97. The van der Waals surface area contributed by atoms with Crippen LogP contribution in [0.2, 0.25) is 10.0 Å². The molecule has 0 unspecified atom stereocenters. The van der Waals surface area contributed by atoms with Crippen LogP contribution in [0.1, 0.15) is 21.5 Å². The van der Waals surface area contributed by atoms with Crippen LogP contribution in [0.3, 0.4) is 0 Å². The number of hydrogen-bond donors (Lipinski definition) is 1. The molecule has 0 aliphatic rings. The molecule has 1 N–H and O–H groups in total. The average Bonchev–Trinajstić information content (AvgIpc) is 2.43. The van der Waals surface area contributed by atoms with E-state index in [1.807, 2.05) is 31.2 Å². The van der Waals surface area contributed by atoms with Crippen molar-refractivity contribution < 1.29 is 4.79 Å². The number of carbonyl (C=O) groups excluding carboxylic acids is 1. The van der Waals surface area contributed by atoms with Gasteiger partial charge in [0.25, 0.3) is 5.91 Å². The lowest BCUT2D eigenvalue weighted by atomic mass is 10.1. The Morgan fingerprint density at radius 1 is 1.19 bits per heavy atom. The first-order valence-corrected chi connectivity index (χ1v) is 8.00. The van der Waals surface area contributed by atoms with Gasteiger partial charge in [-0.15, -0.1) is 0 Å². The van der Waals surface area contributed by atoms with Gasteiger partial charge in [0.05, 0.1) is 0 Å². The minimum absolute atomic E-state index is 0.0844. The summed E-state index contributed by atoms with van der Waals surface area (Å²) in [5.74, 6) is -0.0844. The van der Waals surface area contributed by atoms with Crippen molar-refractivity contribution >= 4 is 45.0 Å². The second kappa shape index (κ2) is 7.30. The smallest absolute Gasteiger partial charge is 0.251 e. The van der Waals surface area contributed by atoms with Crippen molar-refractivity contribution in [2.75, 3.05) is 6.54 Å². The molecule has 0 spiro atoms. The standard InChI is InChI=1S/C16H14BrCl2NO/c1-10-2-4-12(17)8-14(10)16(21)20-7-6-11-3-5-13(18)9-15(11)19/h2-5,8-9H,6-7H2,1H3,(H,20,21). The van der Waals surface area contributed by atoms with Crippen molar-refractivity contribution in [3.63, 3.8) is 0 Å². The number of rotatable bonds is 4. The monoisotopic (exact) mass is 385 g/mol. The number of hydrogen-bond acceptors (Lipinski definition) is 1. The Morgan fingerprint density at radius 2 is 1.95 bits per heavy atom. The number of carbonyl (C=O) groups is 1. The van der Waals surface area contributed by atoms with Gasteiger partial charge in [0, 0.05) is 26.6 Å². The third-order valence-electron chi connectivity index (χ3n) is 3.14. The van der Waals surface area contributed by atoms with Gasteiger partial charge in [0.2, 0.25) is 0 Å². The van der Waals surface area contributed by atoms with E-state index < -0.39 is 0 Å². The Morgan fingerprint density at radius 3 is 2.67 bits per heavy atom. The number of halogens is 3. The van der Waals surface area contributed by atoms with Crippen molar-refractivity contribution in [2.24, 2.45) is 0 Å². The molecule has 1 amide bonds. The van der Waals surface area contributed by atoms with Crippen molar-refractivity contribution in [3.8, 4) is 0 Å². The quantitative estimate of drug-likeness (QED) is 0.783. The zero-order valence-electron chi connectivity index (χ0n) is 11.4. The first-order valence-electron chi connectivity index (χ1n) is 6.45. The maximum Gasteiger partial charge on any atom is 0.251 e. The summed E-state index contributed by atoms with van der Waals surface area (Å²) >= 11 is 15.3. The minimum atomic E-state index is -0.0844. The van der Waals surface area contributed by atoms with E-state index in [2.05, 4.69) is 21.2 Å². The van der Waals surface area contributed by atoms with Gasteiger partial charge in [-0.2, -0.15) is 0 Å². The van der Waals surface area contributed by atoms with Crippen LogP contribution in [0.4, 0.5) is 0 Å². The molecule has 5 heteroatoms. The molecule has 0 saturated carbocycles. The van der Waals surface area contributed by atoms with Crippen molar-refractivity contribution in [3.05, 3.63) is 67.6 Å². The van der Waals surface area contributed by atoms with E-state index in [-0.39, 0.29) is 5.91 Å². The lowest BCUT2D eigenvalue weighted by molar-refractivity contribution is 0.0953. The van der Waals surface area contributed by atoms with E-state index in [1.165, 1.54) is 0 Å². The summed E-state index contributed by atoms with van der Waals surface area (Å²) in [4.78, 5) is 12.2. The number of benzene rings is 2. The summed E-state index contributed by atoms with van der Waals surface area (Å²) in [5.41, 5.74) is 2.58. The molecular weight excluding hydrogens is 373 g/mol. The van der Waals surface area contributed by atoms with Crippen molar-refractivity contribution in [2.45, 2.75) is 13.3 Å². The Bertz CT molecular complexity index is 673. The molecule has 0 aliphatic carbocycles. The lowest BCUT2D eigenvalue weighted by Gasteiger charge is -2.09. The highest BCUT2D eigenvalue weighted by atomic mass is 79.9. The normalized spacial score (nSPS) is 10.5. The molecule has 0 atom stereocenters. The fourth-order valence-electron chi connectivity index (χ4n) is 1.97. The van der Waals surface area contributed by atoms with Gasteiger partial charge < -0.3 is 5.32 Å². The average molecular weight is 387 g/mol. The molecule has 2 rings (SSSR count). The zero-order valence-corrected chi connectivity index (χ0v) is 14.5. The highest BCUT2D eigenvalue weighted by molar-refractivity contribution is 9.10. The van der Waals surface area contributed by atoms with E-state index in [1.54, 1.807) is 12.1 Å². The SMILES string of the molecule is Cc1ccc(Br)cc1C(=O)NCCc1ccc(Cl)cc1Cl. The maximum absolute atomic E-state index is 12.2. The predicted octanol–water partition coefficient (Wildman–Crippen LogP) is 5.04. The van der Waals surface area contributed by atoms with E-state index >= 15 is 0 Å². The molecular formula is C16H14BrCl2NO. The zero-order chi connectivity index (χ0) is 15.4. The molecule has 2 aromatic carbocycles. The fraction of sp³-hybridized carbons (Fsp3) is 0.188. The summed E-state index contributed by atoms with van der Waals surface area (Å²) in [7, 11) is 0. The highest BCUT2D eigenvalue weighted by Gasteiger charge is 2.09. The molecule has 110 valence electrons. The Labute approximate surface area is 142 Å². The summed E-state index contributed by atoms with van der Waals surface area (Å²) in [6.07, 6.45) is 0.662. The maximum atomic E-state index is 12.2.